The number of hydrogen-bond acceptors (Lipinski definition) is 3. The fourth-order valence-corrected chi connectivity index (χ4v) is 1.83. The SMILES string of the molecule is Cc1nc2cc(CCNC(C)(C)C)ccc2o1. The first kappa shape index (κ1) is 12.1. The van der Waals surface area contributed by atoms with Crippen LogP contribution in [0, 0.1) is 6.92 Å². The van der Waals surface area contributed by atoms with E-state index in [1.165, 1.54) is 5.56 Å². The molecule has 0 unspecified atom stereocenters. The van der Waals surface area contributed by atoms with Crippen LogP contribution in [-0.2, 0) is 6.42 Å². The number of nitrogens with one attached hydrogen (secondary N) is 1. The summed E-state index contributed by atoms with van der Waals surface area (Å²) in [6.45, 7) is 9.39. The van der Waals surface area contributed by atoms with E-state index < -0.39 is 0 Å². The standard InChI is InChI=1S/C14H20N2O/c1-10-16-12-9-11(5-6-13(12)17-10)7-8-15-14(2,3)4/h5-6,9,15H,7-8H2,1-4H3. The molecule has 0 spiro atoms. The fourth-order valence-electron chi connectivity index (χ4n) is 1.83. The fraction of sp³-hybridized carbons (Fsp3) is 0.500. The van der Waals surface area contributed by atoms with E-state index in [1.54, 1.807) is 0 Å². The average Bonchev–Trinajstić information content (AvgIpc) is 2.55. The summed E-state index contributed by atoms with van der Waals surface area (Å²) in [6.07, 6.45) is 1.01. The molecule has 0 saturated heterocycles. The molecule has 0 atom stereocenters. The van der Waals surface area contributed by atoms with Crippen LogP contribution in [0.5, 0.6) is 0 Å². The molecule has 3 heteroatoms. The van der Waals surface area contributed by atoms with Crippen LogP contribution in [-0.4, -0.2) is 17.1 Å². The predicted octanol–water partition coefficient (Wildman–Crippen LogP) is 3.07. The summed E-state index contributed by atoms with van der Waals surface area (Å²) in [6, 6.07) is 6.22. The Morgan fingerprint density at radius 1 is 1.29 bits per heavy atom. The second-order valence-corrected chi connectivity index (χ2v) is 5.46. The molecule has 2 rings (SSSR count). The van der Waals surface area contributed by atoms with Crippen molar-refractivity contribution in [3.63, 3.8) is 0 Å². The number of rotatable bonds is 3. The Morgan fingerprint density at radius 3 is 2.76 bits per heavy atom. The molecule has 1 heterocycles. The van der Waals surface area contributed by atoms with Crippen LogP contribution in [0.2, 0.25) is 0 Å². The highest BCUT2D eigenvalue weighted by atomic mass is 16.3. The van der Waals surface area contributed by atoms with Crippen LogP contribution in [0.4, 0.5) is 0 Å². The van der Waals surface area contributed by atoms with Gasteiger partial charge in [0.25, 0.3) is 0 Å². The Morgan fingerprint density at radius 2 is 2.06 bits per heavy atom. The van der Waals surface area contributed by atoms with Crippen molar-refractivity contribution >= 4 is 11.1 Å². The van der Waals surface area contributed by atoms with E-state index in [0.717, 1.165) is 30.0 Å². The zero-order valence-corrected chi connectivity index (χ0v) is 11.0. The monoisotopic (exact) mass is 232 g/mol. The molecule has 17 heavy (non-hydrogen) atoms. The summed E-state index contributed by atoms with van der Waals surface area (Å²) >= 11 is 0. The van der Waals surface area contributed by atoms with Gasteiger partial charge in [0, 0.05) is 12.5 Å². The molecule has 0 amide bonds. The lowest BCUT2D eigenvalue weighted by Gasteiger charge is -2.20. The highest BCUT2D eigenvalue weighted by Crippen LogP contribution is 2.17. The van der Waals surface area contributed by atoms with Gasteiger partial charge in [-0.25, -0.2) is 4.98 Å². The van der Waals surface area contributed by atoms with Crippen LogP contribution in [0.15, 0.2) is 22.6 Å². The Labute approximate surface area is 102 Å². The molecule has 3 nitrogen and oxygen atoms in total. The van der Waals surface area contributed by atoms with Crippen molar-refractivity contribution in [1.82, 2.24) is 10.3 Å². The molecule has 92 valence electrons. The minimum absolute atomic E-state index is 0.175. The molecule has 0 aliphatic rings. The van der Waals surface area contributed by atoms with Crippen LogP contribution in [0.25, 0.3) is 11.1 Å². The molecule has 0 radical (unpaired) electrons. The maximum Gasteiger partial charge on any atom is 0.192 e. The van der Waals surface area contributed by atoms with Gasteiger partial charge < -0.3 is 9.73 Å². The number of benzene rings is 1. The van der Waals surface area contributed by atoms with Crippen molar-refractivity contribution in [2.45, 2.75) is 39.7 Å². The lowest BCUT2D eigenvalue weighted by Crippen LogP contribution is -2.37. The largest absolute Gasteiger partial charge is 0.441 e. The van der Waals surface area contributed by atoms with Gasteiger partial charge in [-0.2, -0.15) is 0 Å². The first-order chi connectivity index (χ1) is 7.94. The second-order valence-electron chi connectivity index (χ2n) is 5.46. The van der Waals surface area contributed by atoms with Gasteiger partial charge in [-0.3, -0.25) is 0 Å². The van der Waals surface area contributed by atoms with Gasteiger partial charge in [0.1, 0.15) is 5.52 Å². The Hall–Kier alpha value is -1.35. The van der Waals surface area contributed by atoms with Gasteiger partial charge in [0.15, 0.2) is 11.5 Å². The van der Waals surface area contributed by atoms with Crippen LogP contribution in [0.1, 0.15) is 32.2 Å². The van der Waals surface area contributed by atoms with Gasteiger partial charge in [0.2, 0.25) is 0 Å². The van der Waals surface area contributed by atoms with Crippen molar-refractivity contribution in [2.75, 3.05) is 6.54 Å². The summed E-state index contributed by atoms with van der Waals surface area (Å²) in [5.74, 6) is 0.727. The lowest BCUT2D eigenvalue weighted by molar-refractivity contribution is 0.429. The molecule has 0 aliphatic carbocycles. The lowest BCUT2D eigenvalue weighted by atomic mass is 10.1. The number of nitrogens with zero attached hydrogens (tertiary/aromatic N) is 1. The van der Waals surface area contributed by atoms with Crippen LogP contribution < -0.4 is 5.32 Å². The van der Waals surface area contributed by atoms with E-state index in [4.69, 9.17) is 4.42 Å². The van der Waals surface area contributed by atoms with Gasteiger partial charge in [-0.05, 0) is 51.4 Å². The molecular formula is C14H20N2O. The first-order valence-electron chi connectivity index (χ1n) is 6.05. The number of aromatic nitrogens is 1. The van der Waals surface area contributed by atoms with E-state index in [0.29, 0.717) is 0 Å². The normalized spacial score (nSPS) is 12.2. The van der Waals surface area contributed by atoms with E-state index in [2.05, 4.69) is 43.2 Å². The molecule has 1 aromatic heterocycles. The third-order valence-corrected chi connectivity index (χ3v) is 2.63. The average molecular weight is 232 g/mol. The molecule has 0 aliphatic heterocycles. The molecule has 1 N–H and O–H groups in total. The summed E-state index contributed by atoms with van der Waals surface area (Å²) in [4.78, 5) is 4.34. The van der Waals surface area contributed by atoms with Crippen molar-refractivity contribution < 1.29 is 4.42 Å². The van der Waals surface area contributed by atoms with Crippen molar-refractivity contribution in [1.29, 1.82) is 0 Å². The van der Waals surface area contributed by atoms with Gasteiger partial charge in [0.05, 0.1) is 0 Å². The summed E-state index contributed by atoms with van der Waals surface area (Å²) in [5.41, 5.74) is 3.29. The molecule has 0 saturated carbocycles. The summed E-state index contributed by atoms with van der Waals surface area (Å²) in [5, 5.41) is 3.48. The minimum Gasteiger partial charge on any atom is -0.441 e. The van der Waals surface area contributed by atoms with Crippen molar-refractivity contribution in [2.24, 2.45) is 0 Å². The van der Waals surface area contributed by atoms with Crippen LogP contribution in [0.3, 0.4) is 0 Å². The number of oxazole rings is 1. The minimum atomic E-state index is 0.175. The van der Waals surface area contributed by atoms with Crippen LogP contribution >= 0.6 is 0 Å². The molecule has 0 fully saturated rings. The maximum atomic E-state index is 5.45. The predicted molar refractivity (Wildman–Crippen MR) is 70.2 cm³/mol. The van der Waals surface area contributed by atoms with Gasteiger partial charge in [-0.15, -0.1) is 0 Å². The second kappa shape index (κ2) is 4.49. The molecule has 0 bridgehead atoms. The number of aryl methyl sites for hydroxylation is 1. The maximum absolute atomic E-state index is 5.45. The Bertz CT molecular complexity index is 508. The third-order valence-electron chi connectivity index (χ3n) is 2.63. The summed E-state index contributed by atoms with van der Waals surface area (Å²) < 4.78 is 5.45. The molecular weight excluding hydrogens is 212 g/mol. The Balaban J connectivity index is 2.04. The van der Waals surface area contributed by atoms with Gasteiger partial charge in [-0.1, -0.05) is 6.07 Å². The number of hydrogen-bond donors (Lipinski definition) is 1. The zero-order chi connectivity index (χ0) is 12.5. The summed E-state index contributed by atoms with van der Waals surface area (Å²) in [7, 11) is 0. The molecule has 2 aromatic rings. The number of fused-ring (bicyclic) bond motifs is 1. The highest BCUT2D eigenvalue weighted by molar-refractivity contribution is 5.73. The van der Waals surface area contributed by atoms with Crippen molar-refractivity contribution in [3.05, 3.63) is 29.7 Å². The van der Waals surface area contributed by atoms with Gasteiger partial charge >= 0.3 is 0 Å². The Kier molecular flexibility index (Phi) is 3.20. The van der Waals surface area contributed by atoms with E-state index in [1.807, 2.05) is 13.0 Å². The molecule has 1 aromatic carbocycles. The zero-order valence-electron chi connectivity index (χ0n) is 11.0. The van der Waals surface area contributed by atoms with Crippen molar-refractivity contribution in [3.8, 4) is 0 Å². The highest BCUT2D eigenvalue weighted by Gasteiger charge is 2.08. The topological polar surface area (TPSA) is 38.1 Å². The first-order valence-corrected chi connectivity index (χ1v) is 6.05. The van der Waals surface area contributed by atoms with E-state index >= 15 is 0 Å². The quantitative estimate of drug-likeness (QED) is 0.883. The third kappa shape index (κ3) is 3.30. The van der Waals surface area contributed by atoms with E-state index in [-0.39, 0.29) is 5.54 Å². The smallest absolute Gasteiger partial charge is 0.192 e. The van der Waals surface area contributed by atoms with E-state index in [9.17, 15) is 0 Å².